The Morgan fingerprint density at radius 2 is 2.36 bits per heavy atom. The molecule has 0 atom stereocenters. The molecule has 0 spiro atoms. The van der Waals surface area contributed by atoms with Crippen LogP contribution < -0.4 is 0 Å². The molecular formula is C9H10OS. The first-order valence-electron chi connectivity index (χ1n) is 3.51. The number of thiophene rings is 1. The monoisotopic (exact) mass is 166 g/mol. The van der Waals surface area contributed by atoms with Crippen molar-refractivity contribution in [3.05, 3.63) is 34.5 Å². The van der Waals surface area contributed by atoms with Gasteiger partial charge in [0.2, 0.25) is 0 Å². The molecule has 1 heterocycles. The average molecular weight is 166 g/mol. The molecule has 0 amide bonds. The third-order valence-electron chi connectivity index (χ3n) is 1.39. The van der Waals surface area contributed by atoms with Gasteiger partial charge < -0.3 is 0 Å². The first-order valence-corrected chi connectivity index (χ1v) is 4.33. The fourth-order valence-corrected chi connectivity index (χ4v) is 1.68. The van der Waals surface area contributed by atoms with E-state index in [0.29, 0.717) is 0 Å². The summed E-state index contributed by atoms with van der Waals surface area (Å²) < 4.78 is 0. The van der Waals surface area contributed by atoms with Crippen LogP contribution in [0.4, 0.5) is 0 Å². The van der Waals surface area contributed by atoms with Gasteiger partial charge in [0.25, 0.3) is 0 Å². The highest BCUT2D eigenvalue weighted by Crippen LogP contribution is 2.15. The lowest BCUT2D eigenvalue weighted by molar-refractivity contribution is 0.112. The second-order valence-corrected chi connectivity index (χ2v) is 3.45. The lowest BCUT2D eigenvalue weighted by atomic mass is 10.3. The highest BCUT2D eigenvalue weighted by molar-refractivity contribution is 7.13. The van der Waals surface area contributed by atoms with E-state index in [2.05, 4.69) is 6.58 Å². The smallest absolute Gasteiger partial charge is 0.160 e. The van der Waals surface area contributed by atoms with Gasteiger partial charge in [-0.3, -0.25) is 4.79 Å². The molecule has 2 heteroatoms. The Kier molecular flexibility index (Phi) is 3.05. The molecule has 0 radical (unpaired) electrons. The van der Waals surface area contributed by atoms with E-state index < -0.39 is 0 Å². The van der Waals surface area contributed by atoms with E-state index >= 15 is 0 Å². The Balaban J connectivity index is 2.57. The minimum absolute atomic E-state index is 0.809. The van der Waals surface area contributed by atoms with E-state index in [9.17, 15) is 4.79 Å². The zero-order valence-electron chi connectivity index (χ0n) is 6.25. The molecule has 0 saturated heterocycles. The van der Waals surface area contributed by atoms with E-state index in [0.717, 1.165) is 24.0 Å². The first kappa shape index (κ1) is 8.21. The first-order chi connectivity index (χ1) is 5.36. The number of hydrogen-bond acceptors (Lipinski definition) is 2. The fourth-order valence-electron chi connectivity index (χ4n) is 0.837. The summed E-state index contributed by atoms with van der Waals surface area (Å²) in [5.74, 6) is 0. The molecule has 1 aromatic heterocycles. The molecule has 58 valence electrons. The normalized spacial score (nSPS) is 9.45. The standard InChI is InChI=1S/C9H10OS/c1-2-3-4-8-5-6-9(7-10)11-8/h2,5-7H,1,3-4H2. The Hall–Kier alpha value is -0.890. The molecule has 0 aliphatic rings. The second-order valence-electron chi connectivity index (χ2n) is 2.25. The van der Waals surface area contributed by atoms with Crippen LogP contribution in [0.1, 0.15) is 21.0 Å². The van der Waals surface area contributed by atoms with Crippen molar-refractivity contribution >= 4 is 17.6 Å². The SMILES string of the molecule is C=CCCc1ccc(C=O)s1. The van der Waals surface area contributed by atoms with Gasteiger partial charge >= 0.3 is 0 Å². The van der Waals surface area contributed by atoms with Gasteiger partial charge in [-0.15, -0.1) is 17.9 Å². The van der Waals surface area contributed by atoms with Crippen molar-refractivity contribution in [3.8, 4) is 0 Å². The molecule has 0 bridgehead atoms. The lowest BCUT2D eigenvalue weighted by Gasteiger charge is -1.88. The average Bonchev–Trinajstić information content (AvgIpc) is 2.48. The van der Waals surface area contributed by atoms with Gasteiger partial charge in [0.1, 0.15) is 0 Å². The van der Waals surface area contributed by atoms with Crippen molar-refractivity contribution in [1.82, 2.24) is 0 Å². The summed E-state index contributed by atoms with van der Waals surface area (Å²) in [5, 5.41) is 0. The lowest BCUT2D eigenvalue weighted by Crippen LogP contribution is -1.73. The maximum atomic E-state index is 10.3. The van der Waals surface area contributed by atoms with Crippen molar-refractivity contribution < 1.29 is 4.79 Å². The quantitative estimate of drug-likeness (QED) is 0.496. The topological polar surface area (TPSA) is 17.1 Å². The van der Waals surface area contributed by atoms with Crippen LogP contribution in [-0.4, -0.2) is 6.29 Å². The third-order valence-corrected chi connectivity index (χ3v) is 2.46. The van der Waals surface area contributed by atoms with Crippen LogP contribution in [0.3, 0.4) is 0 Å². The third kappa shape index (κ3) is 2.31. The Labute approximate surface area is 70.4 Å². The molecule has 0 aliphatic heterocycles. The molecule has 1 nitrogen and oxygen atoms in total. The van der Waals surface area contributed by atoms with Crippen molar-refractivity contribution in [2.24, 2.45) is 0 Å². The summed E-state index contributed by atoms with van der Waals surface area (Å²) in [6.45, 7) is 3.64. The zero-order chi connectivity index (χ0) is 8.10. The number of aryl methyl sites for hydroxylation is 1. The largest absolute Gasteiger partial charge is 0.297 e. The number of aldehydes is 1. The van der Waals surface area contributed by atoms with Crippen molar-refractivity contribution in [2.45, 2.75) is 12.8 Å². The molecule has 0 aromatic carbocycles. The summed E-state index contributed by atoms with van der Waals surface area (Å²) in [6.07, 6.45) is 4.77. The predicted molar refractivity (Wildman–Crippen MR) is 48.2 cm³/mol. The van der Waals surface area contributed by atoms with E-state index in [1.807, 2.05) is 18.2 Å². The van der Waals surface area contributed by atoms with Gasteiger partial charge in [0.15, 0.2) is 6.29 Å². The summed E-state index contributed by atoms with van der Waals surface area (Å²) in [4.78, 5) is 12.3. The number of carbonyl (C=O) groups excluding carboxylic acids is 1. The number of carbonyl (C=O) groups is 1. The van der Waals surface area contributed by atoms with Crippen molar-refractivity contribution in [2.75, 3.05) is 0 Å². The molecule has 11 heavy (non-hydrogen) atoms. The highest BCUT2D eigenvalue weighted by atomic mass is 32.1. The van der Waals surface area contributed by atoms with Crippen molar-refractivity contribution in [1.29, 1.82) is 0 Å². The van der Waals surface area contributed by atoms with E-state index in [-0.39, 0.29) is 0 Å². The maximum absolute atomic E-state index is 10.3. The van der Waals surface area contributed by atoms with Crippen LogP contribution in [0.25, 0.3) is 0 Å². The number of hydrogen-bond donors (Lipinski definition) is 0. The molecule has 0 aliphatic carbocycles. The maximum Gasteiger partial charge on any atom is 0.160 e. The molecule has 0 N–H and O–H groups in total. The summed E-state index contributed by atoms with van der Waals surface area (Å²) in [6, 6.07) is 3.86. The Bertz CT molecular complexity index is 250. The Morgan fingerprint density at radius 3 is 2.91 bits per heavy atom. The Morgan fingerprint density at radius 1 is 1.55 bits per heavy atom. The fraction of sp³-hybridized carbons (Fsp3) is 0.222. The van der Waals surface area contributed by atoms with Crippen LogP contribution >= 0.6 is 11.3 Å². The molecule has 1 aromatic rings. The van der Waals surface area contributed by atoms with Gasteiger partial charge in [-0.05, 0) is 25.0 Å². The molecule has 1 rings (SSSR count). The van der Waals surface area contributed by atoms with Crippen LogP contribution in [0, 0.1) is 0 Å². The van der Waals surface area contributed by atoms with Crippen LogP contribution in [-0.2, 0) is 6.42 Å². The van der Waals surface area contributed by atoms with Gasteiger partial charge in [-0.1, -0.05) is 6.08 Å². The van der Waals surface area contributed by atoms with E-state index in [1.165, 1.54) is 4.88 Å². The number of rotatable bonds is 4. The van der Waals surface area contributed by atoms with E-state index in [1.54, 1.807) is 11.3 Å². The van der Waals surface area contributed by atoms with Gasteiger partial charge in [-0.25, -0.2) is 0 Å². The molecule has 0 unspecified atom stereocenters. The predicted octanol–water partition coefficient (Wildman–Crippen LogP) is 2.68. The molecule has 0 saturated carbocycles. The summed E-state index contributed by atoms with van der Waals surface area (Å²) in [5.41, 5.74) is 0. The van der Waals surface area contributed by atoms with Gasteiger partial charge in [0.05, 0.1) is 4.88 Å². The van der Waals surface area contributed by atoms with Crippen molar-refractivity contribution in [3.63, 3.8) is 0 Å². The minimum atomic E-state index is 0.809. The molecular weight excluding hydrogens is 156 g/mol. The van der Waals surface area contributed by atoms with E-state index in [4.69, 9.17) is 0 Å². The molecule has 0 fully saturated rings. The van der Waals surface area contributed by atoms with Gasteiger partial charge in [-0.2, -0.15) is 0 Å². The summed E-state index contributed by atoms with van der Waals surface area (Å²) in [7, 11) is 0. The van der Waals surface area contributed by atoms with Crippen LogP contribution in [0.2, 0.25) is 0 Å². The van der Waals surface area contributed by atoms with Crippen LogP contribution in [0.15, 0.2) is 24.8 Å². The second kappa shape index (κ2) is 4.09. The summed E-state index contributed by atoms with van der Waals surface area (Å²) >= 11 is 1.56. The zero-order valence-corrected chi connectivity index (χ0v) is 7.06. The van der Waals surface area contributed by atoms with Gasteiger partial charge in [0, 0.05) is 4.88 Å². The number of allylic oxidation sites excluding steroid dienone is 1. The highest BCUT2D eigenvalue weighted by Gasteiger charge is 1.96. The van der Waals surface area contributed by atoms with Crippen LogP contribution in [0.5, 0.6) is 0 Å². The minimum Gasteiger partial charge on any atom is -0.297 e.